The molecule has 0 saturated carbocycles. The van der Waals surface area contributed by atoms with Gasteiger partial charge in [0.1, 0.15) is 11.7 Å². The van der Waals surface area contributed by atoms with Crippen LogP contribution in [0.25, 0.3) is 0 Å². The molecule has 2 unspecified atom stereocenters. The van der Waals surface area contributed by atoms with Crippen molar-refractivity contribution in [2.45, 2.75) is 33.6 Å². The van der Waals surface area contributed by atoms with Gasteiger partial charge in [0.15, 0.2) is 0 Å². The van der Waals surface area contributed by atoms with Crippen LogP contribution in [0.4, 0.5) is 0 Å². The van der Waals surface area contributed by atoms with Crippen molar-refractivity contribution in [2.75, 3.05) is 6.61 Å². The lowest BCUT2D eigenvalue weighted by atomic mass is 9.83. The van der Waals surface area contributed by atoms with Crippen LogP contribution in [0.3, 0.4) is 0 Å². The Hall–Kier alpha value is -1.64. The fraction of sp³-hybridized carbons (Fsp3) is 0.467. The van der Waals surface area contributed by atoms with Gasteiger partial charge in [-0.05, 0) is 31.9 Å². The van der Waals surface area contributed by atoms with E-state index in [-0.39, 0.29) is 11.7 Å². The molecule has 0 fully saturated rings. The van der Waals surface area contributed by atoms with E-state index in [1.54, 1.807) is 6.92 Å². The van der Waals surface area contributed by atoms with Crippen LogP contribution in [0.1, 0.15) is 37.8 Å². The molecule has 0 bridgehead atoms. The molecule has 0 N–H and O–H groups in total. The zero-order valence-electron chi connectivity index (χ0n) is 11.4. The molecule has 0 aliphatic heterocycles. The number of aryl methyl sites for hydroxylation is 1. The Morgan fingerprint density at radius 3 is 2.39 bits per heavy atom. The average molecular weight is 248 g/mol. The highest BCUT2D eigenvalue weighted by molar-refractivity contribution is 5.98. The minimum Gasteiger partial charge on any atom is -0.465 e. The van der Waals surface area contributed by atoms with Gasteiger partial charge in [0.25, 0.3) is 0 Å². The summed E-state index contributed by atoms with van der Waals surface area (Å²) in [7, 11) is 0. The van der Waals surface area contributed by atoms with Gasteiger partial charge in [-0.1, -0.05) is 31.2 Å². The summed E-state index contributed by atoms with van der Waals surface area (Å²) in [6.07, 6.45) is 0. The number of benzene rings is 1. The third-order valence-electron chi connectivity index (χ3n) is 3.16. The summed E-state index contributed by atoms with van der Waals surface area (Å²) < 4.78 is 4.99. The van der Waals surface area contributed by atoms with Crippen LogP contribution in [-0.2, 0) is 14.3 Å². The summed E-state index contributed by atoms with van der Waals surface area (Å²) in [6, 6.07) is 7.79. The number of Topliss-reactive ketones (excluding diaryl/α,β-unsaturated/α-hetero) is 1. The molecule has 98 valence electrons. The predicted octanol–water partition coefficient (Wildman–Crippen LogP) is 2.87. The second-order valence-corrected chi connectivity index (χ2v) is 4.49. The van der Waals surface area contributed by atoms with Crippen molar-refractivity contribution < 1.29 is 14.3 Å². The number of carbonyl (C=O) groups is 2. The SMILES string of the molecule is CCOC(=O)C(C(C)=O)C(C)c1ccccc1C. The maximum Gasteiger partial charge on any atom is 0.317 e. The van der Waals surface area contributed by atoms with E-state index in [1.807, 2.05) is 38.1 Å². The topological polar surface area (TPSA) is 43.4 Å². The summed E-state index contributed by atoms with van der Waals surface area (Å²) in [5.74, 6) is -1.46. The zero-order valence-corrected chi connectivity index (χ0v) is 11.4. The first-order chi connectivity index (χ1) is 8.49. The normalized spacial score (nSPS) is 13.8. The number of rotatable bonds is 5. The molecule has 3 heteroatoms. The van der Waals surface area contributed by atoms with Crippen molar-refractivity contribution >= 4 is 11.8 Å². The molecule has 18 heavy (non-hydrogen) atoms. The lowest BCUT2D eigenvalue weighted by molar-refractivity contribution is -0.151. The van der Waals surface area contributed by atoms with Crippen molar-refractivity contribution in [1.29, 1.82) is 0 Å². The Kier molecular flexibility index (Phi) is 5.08. The molecule has 1 aromatic carbocycles. The summed E-state index contributed by atoms with van der Waals surface area (Å²) in [5, 5.41) is 0. The van der Waals surface area contributed by atoms with Gasteiger partial charge in [0, 0.05) is 5.92 Å². The van der Waals surface area contributed by atoms with E-state index in [4.69, 9.17) is 4.74 Å². The summed E-state index contributed by atoms with van der Waals surface area (Å²) in [5.41, 5.74) is 2.10. The van der Waals surface area contributed by atoms with Gasteiger partial charge in [-0.2, -0.15) is 0 Å². The molecule has 3 nitrogen and oxygen atoms in total. The van der Waals surface area contributed by atoms with Crippen LogP contribution in [0.5, 0.6) is 0 Å². The van der Waals surface area contributed by atoms with E-state index < -0.39 is 11.9 Å². The van der Waals surface area contributed by atoms with E-state index in [0.717, 1.165) is 11.1 Å². The lowest BCUT2D eigenvalue weighted by Crippen LogP contribution is -2.29. The van der Waals surface area contributed by atoms with Crippen LogP contribution >= 0.6 is 0 Å². The van der Waals surface area contributed by atoms with Gasteiger partial charge in [0.2, 0.25) is 0 Å². The minimum atomic E-state index is -0.717. The van der Waals surface area contributed by atoms with Gasteiger partial charge in [-0.15, -0.1) is 0 Å². The Morgan fingerprint density at radius 2 is 1.89 bits per heavy atom. The highest BCUT2D eigenvalue weighted by atomic mass is 16.5. The smallest absolute Gasteiger partial charge is 0.317 e. The second-order valence-electron chi connectivity index (χ2n) is 4.49. The molecule has 1 rings (SSSR count). The van der Waals surface area contributed by atoms with E-state index in [2.05, 4.69) is 0 Å². The molecule has 0 spiro atoms. The molecular weight excluding hydrogens is 228 g/mol. The van der Waals surface area contributed by atoms with Crippen molar-refractivity contribution in [2.24, 2.45) is 5.92 Å². The Bertz CT molecular complexity index is 437. The van der Waals surface area contributed by atoms with Gasteiger partial charge in [0.05, 0.1) is 6.61 Å². The third-order valence-corrected chi connectivity index (χ3v) is 3.16. The standard InChI is InChI=1S/C15H20O3/c1-5-18-15(17)14(12(4)16)11(3)13-9-7-6-8-10(13)2/h6-9,11,14H,5H2,1-4H3. The largest absolute Gasteiger partial charge is 0.465 e. The Morgan fingerprint density at radius 1 is 1.28 bits per heavy atom. The summed E-state index contributed by atoms with van der Waals surface area (Å²) >= 11 is 0. The fourth-order valence-electron chi connectivity index (χ4n) is 2.23. The first-order valence-corrected chi connectivity index (χ1v) is 6.21. The van der Waals surface area contributed by atoms with Crippen LogP contribution < -0.4 is 0 Å². The zero-order chi connectivity index (χ0) is 13.7. The van der Waals surface area contributed by atoms with E-state index in [1.165, 1.54) is 6.92 Å². The predicted molar refractivity (Wildman–Crippen MR) is 70.4 cm³/mol. The average Bonchev–Trinajstić information content (AvgIpc) is 2.29. The van der Waals surface area contributed by atoms with Crippen molar-refractivity contribution in [3.63, 3.8) is 0 Å². The quantitative estimate of drug-likeness (QED) is 0.594. The monoisotopic (exact) mass is 248 g/mol. The molecule has 2 atom stereocenters. The number of carbonyl (C=O) groups excluding carboxylic acids is 2. The van der Waals surface area contributed by atoms with E-state index >= 15 is 0 Å². The van der Waals surface area contributed by atoms with Crippen molar-refractivity contribution in [3.05, 3.63) is 35.4 Å². The van der Waals surface area contributed by atoms with Crippen LogP contribution in [0, 0.1) is 12.8 Å². The first kappa shape index (κ1) is 14.4. The molecule has 0 aromatic heterocycles. The highest BCUT2D eigenvalue weighted by Crippen LogP contribution is 2.28. The molecular formula is C15H20O3. The molecule has 0 heterocycles. The third kappa shape index (κ3) is 3.19. The van der Waals surface area contributed by atoms with Gasteiger partial charge in [-0.3, -0.25) is 9.59 Å². The lowest BCUT2D eigenvalue weighted by Gasteiger charge is -2.21. The molecule has 0 aliphatic carbocycles. The fourth-order valence-corrected chi connectivity index (χ4v) is 2.23. The Balaban J connectivity index is 3.04. The summed E-state index contributed by atoms with van der Waals surface area (Å²) in [6.45, 7) is 7.35. The number of ether oxygens (including phenoxy) is 1. The van der Waals surface area contributed by atoms with Crippen molar-refractivity contribution in [3.8, 4) is 0 Å². The number of ketones is 1. The molecule has 0 saturated heterocycles. The van der Waals surface area contributed by atoms with Crippen LogP contribution in [0.15, 0.2) is 24.3 Å². The van der Waals surface area contributed by atoms with Gasteiger partial charge >= 0.3 is 5.97 Å². The molecule has 1 aromatic rings. The van der Waals surface area contributed by atoms with E-state index in [9.17, 15) is 9.59 Å². The highest BCUT2D eigenvalue weighted by Gasteiger charge is 2.32. The van der Waals surface area contributed by atoms with Gasteiger partial charge in [-0.25, -0.2) is 0 Å². The number of esters is 1. The molecule has 0 amide bonds. The Labute approximate surface area is 108 Å². The van der Waals surface area contributed by atoms with Crippen LogP contribution in [-0.4, -0.2) is 18.4 Å². The number of hydrogen-bond acceptors (Lipinski definition) is 3. The molecule has 0 aliphatic rings. The maximum atomic E-state index is 11.9. The van der Waals surface area contributed by atoms with Gasteiger partial charge < -0.3 is 4.74 Å². The minimum absolute atomic E-state index is 0.149. The van der Waals surface area contributed by atoms with Crippen LogP contribution in [0.2, 0.25) is 0 Å². The second kappa shape index (κ2) is 6.34. The van der Waals surface area contributed by atoms with Crippen molar-refractivity contribution in [1.82, 2.24) is 0 Å². The number of hydrogen-bond donors (Lipinski definition) is 0. The molecule has 0 radical (unpaired) electrons. The first-order valence-electron chi connectivity index (χ1n) is 6.21. The van der Waals surface area contributed by atoms with E-state index in [0.29, 0.717) is 6.61 Å². The maximum absolute atomic E-state index is 11.9. The summed E-state index contributed by atoms with van der Waals surface area (Å²) in [4.78, 5) is 23.6.